The number of H-pyrrole nitrogens is 1. The number of aromatic amines is 1. The van der Waals surface area contributed by atoms with Crippen molar-refractivity contribution < 1.29 is 13.6 Å². The van der Waals surface area contributed by atoms with Crippen LogP contribution >= 0.6 is 0 Å². The van der Waals surface area contributed by atoms with Crippen LogP contribution in [0.15, 0.2) is 53.7 Å². The van der Waals surface area contributed by atoms with Gasteiger partial charge in [-0.3, -0.25) is 24.8 Å². The largest absolute Gasteiger partial charge is 0.384 e. The highest BCUT2D eigenvalue weighted by molar-refractivity contribution is 6.06. The third-order valence-corrected chi connectivity index (χ3v) is 5.66. The van der Waals surface area contributed by atoms with Gasteiger partial charge in [0.1, 0.15) is 5.82 Å². The van der Waals surface area contributed by atoms with Gasteiger partial charge in [-0.25, -0.2) is 8.78 Å². The molecule has 10 heteroatoms. The molecule has 1 saturated heterocycles. The zero-order valence-corrected chi connectivity index (χ0v) is 18.9. The maximum absolute atomic E-state index is 13.4. The van der Waals surface area contributed by atoms with Gasteiger partial charge in [-0.05, 0) is 35.7 Å². The van der Waals surface area contributed by atoms with Gasteiger partial charge in [-0.1, -0.05) is 13.0 Å². The Morgan fingerprint density at radius 1 is 1.26 bits per heavy atom. The molecule has 1 aliphatic heterocycles. The van der Waals surface area contributed by atoms with Crippen LogP contribution in [0.25, 0.3) is 22.0 Å². The molecule has 2 aromatic heterocycles. The molecule has 0 atom stereocenters. The van der Waals surface area contributed by atoms with Crippen molar-refractivity contribution in [3.8, 4) is 11.1 Å². The summed E-state index contributed by atoms with van der Waals surface area (Å²) >= 11 is 0. The number of aromatic nitrogens is 3. The number of nitrogens with one attached hydrogen (secondary N) is 2. The van der Waals surface area contributed by atoms with Crippen molar-refractivity contribution in [3.05, 3.63) is 59.9 Å². The zero-order chi connectivity index (χ0) is 24.1. The van der Waals surface area contributed by atoms with Gasteiger partial charge in [0.05, 0.1) is 11.7 Å². The lowest BCUT2D eigenvalue weighted by Crippen LogP contribution is -2.38. The number of rotatable bonds is 7. The summed E-state index contributed by atoms with van der Waals surface area (Å²) in [5.41, 5.74) is 9.41. The van der Waals surface area contributed by atoms with Crippen LogP contribution in [0.2, 0.25) is 0 Å². The monoisotopic (exact) mass is 467 g/mol. The smallest absolute Gasteiger partial charge is 0.277 e. The van der Waals surface area contributed by atoms with E-state index in [0.29, 0.717) is 30.5 Å². The van der Waals surface area contributed by atoms with Crippen molar-refractivity contribution >= 4 is 23.0 Å². The second-order valence-corrected chi connectivity index (χ2v) is 8.32. The summed E-state index contributed by atoms with van der Waals surface area (Å²) in [6.45, 7) is 3.22. The summed E-state index contributed by atoms with van der Waals surface area (Å²) in [6, 6.07) is 7.62. The van der Waals surface area contributed by atoms with Crippen molar-refractivity contribution in [1.29, 1.82) is 0 Å². The minimum Gasteiger partial charge on any atom is -0.384 e. The van der Waals surface area contributed by atoms with Crippen LogP contribution < -0.4 is 11.1 Å². The van der Waals surface area contributed by atoms with Gasteiger partial charge in [0.25, 0.3) is 11.8 Å². The Bertz CT molecular complexity index is 1230. The topological polar surface area (TPSA) is 112 Å². The Kier molecular flexibility index (Phi) is 6.97. The average Bonchev–Trinajstić information content (AvgIpc) is 3.24. The van der Waals surface area contributed by atoms with Crippen molar-refractivity contribution in [2.24, 2.45) is 10.7 Å². The van der Waals surface area contributed by atoms with Gasteiger partial charge < -0.3 is 11.1 Å². The zero-order valence-electron chi connectivity index (χ0n) is 18.9. The standard InChI is InChI=1S/C24H27F2N7O/c1-2-7-28-14-21(27)30-23(34)22-19-11-17(3-4-20(19)31-32-22)18-10-16(12-29-13-18)15-33-8-5-24(25,26)6-9-33/h3-4,7,10-14H,2,5-6,8-9,15,27H2,1H3,(H,30,34)(H,31,32)/b21-14+,28-7?. The fourth-order valence-corrected chi connectivity index (χ4v) is 3.86. The number of piperidine rings is 1. The van der Waals surface area contributed by atoms with Gasteiger partial charge >= 0.3 is 0 Å². The van der Waals surface area contributed by atoms with E-state index in [2.05, 4.69) is 25.5 Å². The van der Waals surface area contributed by atoms with Gasteiger partial charge in [-0.15, -0.1) is 0 Å². The van der Waals surface area contributed by atoms with Gasteiger partial charge in [-0.2, -0.15) is 5.10 Å². The first-order chi connectivity index (χ1) is 16.3. The minimum absolute atomic E-state index is 0.118. The molecular formula is C24H27F2N7O. The highest BCUT2D eigenvalue weighted by Crippen LogP contribution is 2.29. The van der Waals surface area contributed by atoms with E-state index in [1.165, 1.54) is 6.20 Å². The molecule has 0 spiro atoms. The van der Waals surface area contributed by atoms with Crippen LogP contribution in [-0.4, -0.2) is 51.2 Å². The second-order valence-electron chi connectivity index (χ2n) is 8.32. The number of carbonyl (C=O) groups is 1. The lowest BCUT2D eigenvalue weighted by molar-refractivity contribution is -0.0566. The Hall–Kier alpha value is -3.66. The van der Waals surface area contributed by atoms with E-state index in [4.69, 9.17) is 5.73 Å². The first-order valence-electron chi connectivity index (χ1n) is 11.2. The molecule has 3 heterocycles. The van der Waals surface area contributed by atoms with E-state index >= 15 is 0 Å². The third kappa shape index (κ3) is 5.63. The predicted octanol–water partition coefficient (Wildman–Crippen LogP) is 3.82. The Morgan fingerprint density at radius 3 is 2.82 bits per heavy atom. The van der Waals surface area contributed by atoms with Crippen molar-refractivity contribution in [2.45, 2.75) is 38.7 Å². The van der Waals surface area contributed by atoms with Crippen LogP contribution in [0.4, 0.5) is 8.78 Å². The Balaban J connectivity index is 1.53. The number of nitrogens with two attached hydrogens (primary N) is 1. The number of hydrogen-bond acceptors (Lipinski definition) is 6. The molecule has 4 N–H and O–H groups in total. The van der Waals surface area contributed by atoms with Crippen molar-refractivity contribution in [3.63, 3.8) is 0 Å². The van der Waals surface area contributed by atoms with Crippen LogP contribution in [0.1, 0.15) is 42.2 Å². The van der Waals surface area contributed by atoms with Gasteiger partial charge in [0.15, 0.2) is 5.69 Å². The number of aliphatic imine (C=N–C) groups is 1. The van der Waals surface area contributed by atoms with Gasteiger partial charge in [0, 0.05) is 62.0 Å². The molecule has 0 aliphatic carbocycles. The van der Waals surface area contributed by atoms with Crippen LogP contribution in [0.5, 0.6) is 0 Å². The number of fused-ring (bicyclic) bond motifs is 1. The average molecular weight is 468 g/mol. The number of pyridine rings is 1. The van der Waals surface area contributed by atoms with Crippen molar-refractivity contribution in [2.75, 3.05) is 13.1 Å². The maximum atomic E-state index is 13.4. The molecule has 0 unspecified atom stereocenters. The predicted molar refractivity (Wildman–Crippen MR) is 127 cm³/mol. The lowest BCUT2D eigenvalue weighted by atomic mass is 10.0. The molecular weight excluding hydrogens is 440 g/mol. The number of carbonyl (C=O) groups excluding carboxylic acids is 1. The van der Waals surface area contributed by atoms with Crippen molar-refractivity contribution in [1.82, 2.24) is 25.4 Å². The normalized spacial score (nSPS) is 16.9. The number of alkyl halides is 2. The summed E-state index contributed by atoms with van der Waals surface area (Å²) in [5, 5.41) is 10.2. The highest BCUT2D eigenvalue weighted by Gasteiger charge is 2.33. The van der Waals surface area contributed by atoms with E-state index in [1.54, 1.807) is 18.6 Å². The van der Waals surface area contributed by atoms with E-state index in [0.717, 1.165) is 23.1 Å². The molecule has 1 aromatic carbocycles. The molecule has 34 heavy (non-hydrogen) atoms. The molecule has 178 valence electrons. The molecule has 0 saturated carbocycles. The summed E-state index contributed by atoms with van der Waals surface area (Å²) in [6.07, 6.45) is 7.07. The number of amides is 1. The SMILES string of the molecule is CCC=N/C=C(\N)NC(=O)c1n[nH]c2ccc(-c3cncc(CN4CCC(F)(F)CC4)c3)cc12. The van der Waals surface area contributed by atoms with Crippen LogP contribution in [-0.2, 0) is 6.54 Å². The maximum Gasteiger partial charge on any atom is 0.277 e. The van der Waals surface area contributed by atoms with Crippen LogP contribution in [0.3, 0.4) is 0 Å². The summed E-state index contributed by atoms with van der Waals surface area (Å²) in [7, 11) is 0. The first-order valence-corrected chi connectivity index (χ1v) is 11.2. The Morgan fingerprint density at radius 2 is 2.06 bits per heavy atom. The molecule has 8 nitrogen and oxygen atoms in total. The molecule has 4 rings (SSSR count). The summed E-state index contributed by atoms with van der Waals surface area (Å²) in [4.78, 5) is 23.0. The molecule has 1 aliphatic rings. The molecule has 0 bridgehead atoms. The Labute approximate surface area is 196 Å². The van der Waals surface area contributed by atoms with E-state index in [1.807, 2.05) is 36.1 Å². The number of likely N-dealkylation sites (tertiary alicyclic amines) is 1. The molecule has 1 fully saturated rings. The summed E-state index contributed by atoms with van der Waals surface area (Å²) < 4.78 is 26.9. The number of benzene rings is 1. The van der Waals surface area contributed by atoms with Crippen LogP contribution in [0, 0.1) is 0 Å². The fourth-order valence-electron chi connectivity index (χ4n) is 3.86. The number of nitrogens with zero attached hydrogens (tertiary/aromatic N) is 4. The van der Waals surface area contributed by atoms with E-state index in [9.17, 15) is 13.6 Å². The number of hydrogen-bond donors (Lipinski definition) is 3. The van der Waals surface area contributed by atoms with E-state index in [-0.39, 0.29) is 24.4 Å². The summed E-state index contributed by atoms with van der Waals surface area (Å²) in [5.74, 6) is -2.89. The van der Waals surface area contributed by atoms with Gasteiger partial charge in [0.2, 0.25) is 0 Å². The molecule has 3 aromatic rings. The first kappa shape index (κ1) is 23.5. The second kappa shape index (κ2) is 10.1. The number of halogens is 2. The highest BCUT2D eigenvalue weighted by atomic mass is 19.3. The minimum atomic E-state index is -2.57. The fraction of sp³-hybridized carbons (Fsp3) is 0.333. The quantitative estimate of drug-likeness (QED) is 0.457. The molecule has 1 amide bonds. The molecule has 0 radical (unpaired) electrons. The van der Waals surface area contributed by atoms with E-state index < -0.39 is 11.8 Å². The lowest BCUT2D eigenvalue weighted by Gasteiger charge is -2.31. The third-order valence-electron chi connectivity index (χ3n) is 5.66.